The van der Waals surface area contributed by atoms with E-state index in [0.717, 1.165) is 5.69 Å². The molecule has 0 atom stereocenters. The van der Waals surface area contributed by atoms with Crippen molar-refractivity contribution in [3.8, 4) is 17.2 Å². The van der Waals surface area contributed by atoms with Crippen molar-refractivity contribution in [1.29, 1.82) is 5.26 Å². The van der Waals surface area contributed by atoms with Crippen LogP contribution in [0.2, 0.25) is 0 Å². The highest BCUT2D eigenvalue weighted by atomic mass is 19.1. The molecule has 0 aliphatic carbocycles. The van der Waals surface area contributed by atoms with E-state index in [9.17, 15) is 14.4 Å². The number of rotatable bonds is 1. The molecule has 3 heterocycles. The van der Waals surface area contributed by atoms with Gasteiger partial charge in [0.15, 0.2) is 5.65 Å². The number of aromatic amines is 1. The molecule has 6 nitrogen and oxygen atoms in total. The summed E-state index contributed by atoms with van der Waals surface area (Å²) < 4.78 is 16.1. The van der Waals surface area contributed by atoms with E-state index in [0.29, 0.717) is 22.3 Å². The summed E-state index contributed by atoms with van der Waals surface area (Å²) in [6, 6.07) is 6.65. The van der Waals surface area contributed by atoms with Gasteiger partial charge in [0, 0.05) is 12.4 Å². The Morgan fingerprint density at radius 2 is 2.08 bits per heavy atom. The number of hydrogen-bond acceptors (Lipinski definition) is 4. The highest BCUT2D eigenvalue weighted by Crippen LogP contribution is 2.26. The maximum absolute atomic E-state index is 14.3. The van der Waals surface area contributed by atoms with E-state index in [1.165, 1.54) is 12.4 Å². The number of nitrogens with zero attached hydrogens (tertiary/aromatic N) is 4. The van der Waals surface area contributed by atoms with Crippen molar-refractivity contribution in [2.75, 3.05) is 0 Å². The topological polar surface area (TPSA) is 86.8 Å². The van der Waals surface area contributed by atoms with E-state index < -0.39 is 11.4 Å². The van der Waals surface area contributed by atoms with Crippen LogP contribution in [0.1, 0.15) is 11.3 Å². The van der Waals surface area contributed by atoms with Crippen LogP contribution >= 0.6 is 0 Å². The second-order valence-corrected chi connectivity index (χ2v) is 5.45. The van der Waals surface area contributed by atoms with Crippen LogP contribution in [0.15, 0.2) is 41.7 Å². The van der Waals surface area contributed by atoms with Crippen molar-refractivity contribution >= 4 is 16.6 Å². The summed E-state index contributed by atoms with van der Waals surface area (Å²) in [6.07, 6.45) is 4.79. The van der Waals surface area contributed by atoms with Crippen LogP contribution in [-0.2, 0) is 0 Å². The number of nitriles is 1. The maximum atomic E-state index is 14.3. The van der Waals surface area contributed by atoms with Gasteiger partial charge in [0.05, 0.1) is 23.1 Å². The van der Waals surface area contributed by atoms with Gasteiger partial charge in [-0.3, -0.25) is 4.79 Å². The van der Waals surface area contributed by atoms with Crippen molar-refractivity contribution in [3.05, 3.63) is 64.3 Å². The van der Waals surface area contributed by atoms with Gasteiger partial charge in [-0.1, -0.05) is 0 Å². The van der Waals surface area contributed by atoms with Gasteiger partial charge in [0.2, 0.25) is 0 Å². The largest absolute Gasteiger partial charge is 0.313 e. The zero-order chi connectivity index (χ0) is 16.8. The Kier molecular flexibility index (Phi) is 2.93. The van der Waals surface area contributed by atoms with Gasteiger partial charge in [-0.05, 0) is 36.2 Å². The first kappa shape index (κ1) is 14.1. The summed E-state index contributed by atoms with van der Waals surface area (Å²) in [5.74, 6) is -0.655. The fraction of sp³-hybridized carbons (Fsp3) is 0.0588. The molecule has 0 saturated carbocycles. The first-order valence-corrected chi connectivity index (χ1v) is 7.13. The minimum Gasteiger partial charge on any atom is -0.313 e. The van der Waals surface area contributed by atoms with Crippen LogP contribution in [0.4, 0.5) is 4.39 Å². The van der Waals surface area contributed by atoms with Crippen molar-refractivity contribution < 1.29 is 4.39 Å². The molecule has 0 unspecified atom stereocenters. The van der Waals surface area contributed by atoms with E-state index in [-0.39, 0.29) is 10.9 Å². The Bertz CT molecular complexity index is 1220. The number of nitrogens with one attached hydrogen (secondary N) is 1. The lowest BCUT2D eigenvalue weighted by molar-refractivity contribution is 0.638. The third-order valence-corrected chi connectivity index (χ3v) is 3.82. The average Bonchev–Trinajstić information content (AvgIpc) is 2.93. The van der Waals surface area contributed by atoms with Gasteiger partial charge < -0.3 is 9.38 Å². The lowest BCUT2D eigenvalue weighted by Gasteiger charge is -2.06. The number of aryl methyl sites for hydroxylation is 1. The molecule has 0 bridgehead atoms. The molecule has 0 fully saturated rings. The number of hydrogen-bond donors (Lipinski definition) is 1. The second-order valence-electron chi connectivity index (χ2n) is 5.45. The summed E-state index contributed by atoms with van der Waals surface area (Å²) in [5.41, 5.74) is 2.62. The zero-order valence-electron chi connectivity index (χ0n) is 12.5. The van der Waals surface area contributed by atoms with Gasteiger partial charge in [-0.2, -0.15) is 5.26 Å². The number of aromatic nitrogens is 4. The molecule has 0 amide bonds. The number of H-pyrrole nitrogens is 1. The van der Waals surface area contributed by atoms with Gasteiger partial charge >= 0.3 is 0 Å². The first-order valence-electron chi connectivity index (χ1n) is 7.13. The van der Waals surface area contributed by atoms with Crippen LogP contribution in [0.5, 0.6) is 0 Å². The SMILES string of the molecule is Cc1cn2cc(-c3cc(F)c4c(=O)[nH]cnc4c3)cc(C#N)c2n1. The Morgan fingerprint density at radius 3 is 2.88 bits per heavy atom. The Labute approximate surface area is 134 Å². The lowest BCUT2D eigenvalue weighted by Crippen LogP contribution is -2.08. The lowest BCUT2D eigenvalue weighted by atomic mass is 10.0. The molecule has 116 valence electrons. The highest BCUT2D eigenvalue weighted by Gasteiger charge is 2.13. The van der Waals surface area contributed by atoms with Gasteiger partial charge in [-0.15, -0.1) is 0 Å². The van der Waals surface area contributed by atoms with Crippen molar-refractivity contribution in [2.24, 2.45) is 0 Å². The van der Waals surface area contributed by atoms with Crippen molar-refractivity contribution in [3.63, 3.8) is 0 Å². The molecule has 4 rings (SSSR count). The Balaban J connectivity index is 2.03. The van der Waals surface area contributed by atoms with Crippen LogP contribution in [0.3, 0.4) is 0 Å². The predicted octanol–water partition coefficient (Wildman–Crippen LogP) is 2.56. The minimum absolute atomic E-state index is 0.0821. The van der Waals surface area contributed by atoms with Crippen LogP contribution in [-0.4, -0.2) is 19.4 Å². The second kappa shape index (κ2) is 4.99. The van der Waals surface area contributed by atoms with Crippen molar-refractivity contribution in [1.82, 2.24) is 19.4 Å². The fourth-order valence-corrected chi connectivity index (χ4v) is 2.78. The molecule has 0 radical (unpaired) electrons. The van der Waals surface area contributed by atoms with E-state index >= 15 is 0 Å². The molecule has 0 aliphatic rings. The fourth-order valence-electron chi connectivity index (χ4n) is 2.78. The van der Waals surface area contributed by atoms with Crippen LogP contribution < -0.4 is 5.56 Å². The van der Waals surface area contributed by atoms with E-state index in [1.807, 2.05) is 6.92 Å². The van der Waals surface area contributed by atoms with Crippen LogP contribution in [0.25, 0.3) is 27.7 Å². The minimum atomic E-state index is -0.655. The normalized spacial score (nSPS) is 11.0. The number of fused-ring (bicyclic) bond motifs is 2. The molecule has 0 aliphatic heterocycles. The number of halogens is 1. The average molecular weight is 319 g/mol. The highest BCUT2D eigenvalue weighted by molar-refractivity contribution is 5.84. The summed E-state index contributed by atoms with van der Waals surface area (Å²) in [7, 11) is 0. The monoisotopic (exact) mass is 319 g/mol. The summed E-state index contributed by atoms with van der Waals surface area (Å²) in [5, 5.41) is 9.26. The van der Waals surface area contributed by atoms with Crippen molar-refractivity contribution in [2.45, 2.75) is 6.92 Å². The summed E-state index contributed by atoms with van der Waals surface area (Å²) in [6.45, 7) is 1.83. The standard InChI is InChI=1S/C17H10FN5O/c1-9-6-23-7-12(2-11(5-19)16(23)22-9)10-3-13(18)15-14(4-10)20-8-21-17(15)24/h2-4,6-8H,1H3,(H,20,21,24). The van der Waals surface area contributed by atoms with E-state index in [4.69, 9.17) is 0 Å². The van der Waals surface area contributed by atoms with Gasteiger partial charge in [0.1, 0.15) is 17.3 Å². The molecule has 24 heavy (non-hydrogen) atoms. The van der Waals surface area contributed by atoms with Gasteiger partial charge in [-0.25, -0.2) is 14.4 Å². The molecule has 0 saturated heterocycles. The molecular formula is C17H10FN5O. The molecular weight excluding hydrogens is 309 g/mol. The molecule has 4 aromatic rings. The summed E-state index contributed by atoms with van der Waals surface area (Å²) in [4.78, 5) is 22.4. The smallest absolute Gasteiger partial charge is 0.261 e. The third kappa shape index (κ3) is 2.05. The van der Waals surface area contributed by atoms with E-state index in [1.54, 1.807) is 28.9 Å². The Hall–Kier alpha value is -3.53. The first-order chi connectivity index (χ1) is 11.6. The molecule has 7 heteroatoms. The van der Waals surface area contributed by atoms with E-state index in [2.05, 4.69) is 21.0 Å². The number of benzene rings is 1. The zero-order valence-corrected chi connectivity index (χ0v) is 12.5. The number of imidazole rings is 1. The molecule has 0 spiro atoms. The quantitative estimate of drug-likeness (QED) is 0.584. The summed E-state index contributed by atoms with van der Waals surface area (Å²) >= 11 is 0. The maximum Gasteiger partial charge on any atom is 0.261 e. The molecule has 1 aromatic carbocycles. The number of pyridine rings is 1. The molecule has 3 aromatic heterocycles. The molecule has 1 N–H and O–H groups in total. The Morgan fingerprint density at radius 1 is 1.25 bits per heavy atom. The van der Waals surface area contributed by atoms with Crippen LogP contribution in [0, 0.1) is 24.1 Å². The van der Waals surface area contributed by atoms with Gasteiger partial charge in [0.25, 0.3) is 5.56 Å². The third-order valence-electron chi connectivity index (χ3n) is 3.82. The predicted molar refractivity (Wildman–Crippen MR) is 86.0 cm³/mol.